The summed E-state index contributed by atoms with van der Waals surface area (Å²) in [6.45, 7) is 2.86. The zero-order valence-corrected chi connectivity index (χ0v) is 14.8. The summed E-state index contributed by atoms with van der Waals surface area (Å²) in [4.78, 5) is 15.1. The lowest BCUT2D eigenvalue weighted by molar-refractivity contribution is -0.116. The molecule has 0 bridgehead atoms. The molecule has 3 aromatic carbocycles. The number of carbonyl (C=O) groups is 1. The van der Waals surface area contributed by atoms with Crippen LogP contribution in [-0.4, -0.2) is 16.8 Å². The Kier molecular flexibility index (Phi) is 4.55. The van der Waals surface area contributed by atoms with Crippen molar-refractivity contribution in [1.29, 1.82) is 0 Å². The molecule has 1 aliphatic rings. The highest BCUT2D eigenvalue weighted by Crippen LogP contribution is 2.45. The number of hydrogen-bond acceptors (Lipinski definition) is 2. The van der Waals surface area contributed by atoms with Crippen LogP contribution in [0.15, 0.2) is 84.9 Å². The average molecular weight is 342 g/mol. The summed E-state index contributed by atoms with van der Waals surface area (Å²) >= 11 is 0. The Morgan fingerprint density at radius 3 is 2.31 bits per heavy atom. The third-order valence-electron chi connectivity index (χ3n) is 4.83. The second-order valence-corrected chi connectivity index (χ2v) is 6.82. The van der Waals surface area contributed by atoms with Gasteiger partial charge in [0.15, 0.2) is 0 Å². The van der Waals surface area contributed by atoms with Crippen LogP contribution in [-0.2, 0) is 11.3 Å². The molecule has 1 saturated heterocycles. The van der Waals surface area contributed by atoms with Crippen molar-refractivity contribution in [3.05, 3.63) is 102 Å². The van der Waals surface area contributed by atoms with Crippen molar-refractivity contribution in [2.45, 2.75) is 25.6 Å². The molecule has 0 aliphatic carbocycles. The largest absolute Gasteiger partial charge is 0.325 e. The van der Waals surface area contributed by atoms with Crippen molar-refractivity contribution < 1.29 is 4.79 Å². The zero-order chi connectivity index (χ0) is 17.9. The molecule has 0 spiro atoms. The normalized spacial score (nSPS) is 21.2. The Morgan fingerprint density at radius 1 is 0.923 bits per heavy atom. The number of hydrogen-bond donors (Lipinski definition) is 1. The van der Waals surface area contributed by atoms with Gasteiger partial charge in [-0.2, -0.15) is 0 Å². The Balaban J connectivity index is 1.56. The molecule has 3 aromatic rings. The molecule has 3 heteroatoms. The first-order valence-electron chi connectivity index (χ1n) is 8.94. The summed E-state index contributed by atoms with van der Waals surface area (Å²) in [5.41, 5.74) is 4.48. The smallest absolute Gasteiger partial charge is 0.243 e. The fourth-order valence-corrected chi connectivity index (χ4v) is 3.53. The summed E-state index contributed by atoms with van der Waals surface area (Å²) < 4.78 is 0. The number of benzene rings is 3. The van der Waals surface area contributed by atoms with E-state index in [0.29, 0.717) is 0 Å². The molecule has 1 unspecified atom stereocenters. The zero-order valence-electron chi connectivity index (χ0n) is 14.8. The summed E-state index contributed by atoms with van der Waals surface area (Å²) in [5.74, 6) is 0.0543. The number of para-hydroxylation sites is 1. The van der Waals surface area contributed by atoms with Crippen LogP contribution in [0.3, 0.4) is 0 Å². The van der Waals surface area contributed by atoms with Crippen LogP contribution in [0, 0.1) is 6.92 Å². The first-order valence-corrected chi connectivity index (χ1v) is 8.94. The van der Waals surface area contributed by atoms with Gasteiger partial charge in [-0.25, -0.2) is 0 Å². The number of anilines is 1. The first-order chi connectivity index (χ1) is 12.7. The molecule has 1 aliphatic heterocycles. The molecule has 0 aromatic heterocycles. The number of amides is 1. The maximum Gasteiger partial charge on any atom is 0.243 e. The predicted molar refractivity (Wildman–Crippen MR) is 105 cm³/mol. The van der Waals surface area contributed by atoms with E-state index in [1.54, 1.807) is 0 Å². The van der Waals surface area contributed by atoms with Crippen LogP contribution in [0.5, 0.6) is 0 Å². The highest BCUT2D eigenvalue weighted by Gasteiger charge is 2.52. The molecule has 0 radical (unpaired) electrons. The van der Waals surface area contributed by atoms with Crippen LogP contribution < -0.4 is 5.32 Å². The number of nitrogens with one attached hydrogen (secondary N) is 1. The van der Waals surface area contributed by atoms with E-state index in [-0.39, 0.29) is 18.0 Å². The Hall–Kier alpha value is -2.91. The lowest BCUT2D eigenvalue weighted by atomic mass is 10.1. The topological polar surface area (TPSA) is 32.1 Å². The third-order valence-corrected chi connectivity index (χ3v) is 4.83. The summed E-state index contributed by atoms with van der Waals surface area (Å²) in [7, 11) is 0. The number of nitrogens with zero attached hydrogens (tertiary/aromatic N) is 1. The van der Waals surface area contributed by atoms with E-state index in [9.17, 15) is 4.79 Å². The van der Waals surface area contributed by atoms with Crippen molar-refractivity contribution in [3.8, 4) is 0 Å². The number of aryl methyl sites for hydroxylation is 1. The van der Waals surface area contributed by atoms with Crippen molar-refractivity contribution >= 4 is 11.6 Å². The Morgan fingerprint density at radius 2 is 1.62 bits per heavy atom. The van der Waals surface area contributed by atoms with Crippen molar-refractivity contribution in [1.82, 2.24) is 4.90 Å². The van der Waals surface area contributed by atoms with E-state index in [1.165, 1.54) is 16.7 Å². The molecular weight excluding hydrogens is 320 g/mol. The van der Waals surface area contributed by atoms with Gasteiger partial charge in [0.1, 0.15) is 6.04 Å². The van der Waals surface area contributed by atoms with Gasteiger partial charge in [0.05, 0.1) is 6.04 Å². The van der Waals surface area contributed by atoms with Gasteiger partial charge in [0, 0.05) is 12.2 Å². The van der Waals surface area contributed by atoms with Gasteiger partial charge in [-0.1, -0.05) is 78.4 Å². The number of carbonyl (C=O) groups excluding carboxylic acids is 1. The van der Waals surface area contributed by atoms with Gasteiger partial charge in [-0.05, 0) is 30.2 Å². The van der Waals surface area contributed by atoms with Crippen LogP contribution in [0.4, 0.5) is 5.69 Å². The summed E-state index contributed by atoms with van der Waals surface area (Å²) in [6, 6.07) is 28.4. The molecule has 1 N–H and O–H groups in total. The third kappa shape index (κ3) is 3.53. The minimum absolute atomic E-state index is 0.0543. The minimum atomic E-state index is -0.141. The molecule has 1 amide bonds. The Labute approximate surface area is 154 Å². The maximum absolute atomic E-state index is 12.9. The SMILES string of the molecule is Cc1cccc([C@H]2[C@H](C(=O)Nc3ccccc3)N2Cc2ccccc2)c1. The first kappa shape index (κ1) is 16.6. The van der Waals surface area contributed by atoms with Gasteiger partial charge in [0.2, 0.25) is 5.91 Å². The Bertz CT molecular complexity index is 892. The molecule has 26 heavy (non-hydrogen) atoms. The quantitative estimate of drug-likeness (QED) is 0.689. The average Bonchev–Trinajstić information content (AvgIpc) is 3.37. The van der Waals surface area contributed by atoms with Crippen molar-refractivity contribution in [3.63, 3.8) is 0 Å². The standard InChI is InChI=1S/C23H22N2O/c1-17-9-8-12-19(15-17)21-22(23(26)24-20-13-6-3-7-14-20)25(21)16-18-10-4-2-5-11-18/h2-15,21-22H,16H2,1H3,(H,24,26)/t21-,22+,25?/m0/s1. The van der Waals surface area contributed by atoms with Gasteiger partial charge in [0.25, 0.3) is 0 Å². The van der Waals surface area contributed by atoms with E-state index in [0.717, 1.165) is 12.2 Å². The van der Waals surface area contributed by atoms with Gasteiger partial charge < -0.3 is 5.32 Å². The van der Waals surface area contributed by atoms with Crippen LogP contribution >= 0.6 is 0 Å². The second kappa shape index (κ2) is 7.14. The summed E-state index contributed by atoms with van der Waals surface area (Å²) in [6.07, 6.45) is 0. The fourth-order valence-electron chi connectivity index (χ4n) is 3.53. The monoisotopic (exact) mass is 342 g/mol. The predicted octanol–water partition coefficient (Wildman–Crippen LogP) is 4.56. The van der Waals surface area contributed by atoms with Crippen LogP contribution in [0.1, 0.15) is 22.7 Å². The molecule has 0 saturated carbocycles. The highest BCUT2D eigenvalue weighted by atomic mass is 16.2. The molecule has 1 fully saturated rings. The van der Waals surface area contributed by atoms with E-state index in [4.69, 9.17) is 0 Å². The molecule has 130 valence electrons. The second-order valence-electron chi connectivity index (χ2n) is 6.82. The van der Waals surface area contributed by atoms with E-state index < -0.39 is 0 Å². The lowest BCUT2D eigenvalue weighted by Gasteiger charge is -2.06. The van der Waals surface area contributed by atoms with Gasteiger partial charge >= 0.3 is 0 Å². The molecule has 1 heterocycles. The van der Waals surface area contributed by atoms with Gasteiger partial charge in [-0.15, -0.1) is 0 Å². The molecule has 3 atom stereocenters. The molecular formula is C23H22N2O. The molecule has 3 nitrogen and oxygen atoms in total. The van der Waals surface area contributed by atoms with E-state index >= 15 is 0 Å². The van der Waals surface area contributed by atoms with Crippen molar-refractivity contribution in [2.75, 3.05) is 5.32 Å². The fraction of sp³-hybridized carbons (Fsp3) is 0.174. The van der Waals surface area contributed by atoms with Crippen LogP contribution in [0.25, 0.3) is 0 Å². The van der Waals surface area contributed by atoms with Crippen LogP contribution in [0.2, 0.25) is 0 Å². The lowest BCUT2D eigenvalue weighted by Crippen LogP contribution is -2.21. The van der Waals surface area contributed by atoms with E-state index in [1.807, 2.05) is 48.5 Å². The van der Waals surface area contributed by atoms with Crippen molar-refractivity contribution in [2.24, 2.45) is 0 Å². The molecule has 4 rings (SSSR count). The highest BCUT2D eigenvalue weighted by molar-refractivity contribution is 5.97. The summed E-state index contributed by atoms with van der Waals surface area (Å²) in [5, 5.41) is 3.05. The maximum atomic E-state index is 12.9. The van der Waals surface area contributed by atoms with Gasteiger partial charge in [-0.3, -0.25) is 9.69 Å². The van der Waals surface area contributed by atoms with E-state index in [2.05, 4.69) is 53.5 Å². The minimum Gasteiger partial charge on any atom is -0.325 e. The number of rotatable bonds is 5.